The van der Waals surface area contributed by atoms with Crippen molar-refractivity contribution in [3.8, 4) is 0 Å². The number of hydrogen-bond acceptors (Lipinski definition) is 3. The van der Waals surface area contributed by atoms with Crippen LogP contribution in [0.1, 0.15) is 11.5 Å². The first kappa shape index (κ1) is 8.76. The predicted molar refractivity (Wildman–Crippen MR) is 36.2 cm³/mol. The highest BCUT2D eigenvalue weighted by molar-refractivity contribution is 5.41. The molecule has 12 heavy (non-hydrogen) atoms. The Morgan fingerprint density at radius 2 is 2.00 bits per heavy atom. The van der Waals surface area contributed by atoms with Crippen molar-refractivity contribution in [1.82, 2.24) is 9.97 Å². The van der Waals surface area contributed by atoms with Gasteiger partial charge in [0.25, 0.3) is 0 Å². The van der Waals surface area contributed by atoms with E-state index < -0.39 is 17.6 Å². The van der Waals surface area contributed by atoms with Crippen LogP contribution in [0.2, 0.25) is 0 Å². The molecule has 0 aliphatic heterocycles. The van der Waals surface area contributed by atoms with Crippen LogP contribution in [0.25, 0.3) is 0 Å². The molecule has 2 N–H and O–H groups in total. The molecule has 0 fully saturated rings. The van der Waals surface area contributed by atoms with Crippen LogP contribution < -0.4 is 5.73 Å². The Morgan fingerprint density at radius 3 is 2.42 bits per heavy atom. The van der Waals surface area contributed by atoms with Gasteiger partial charge in [-0.25, -0.2) is 9.97 Å². The van der Waals surface area contributed by atoms with E-state index in [4.69, 9.17) is 5.73 Å². The predicted octanol–water partition coefficient (Wildman–Crippen LogP) is 1.39. The van der Waals surface area contributed by atoms with E-state index in [1.54, 1.807) is 0 Å². The molecule has 1 aromatic heterocycles. The number of nitrogens with two attached hydrogens (primary N) is 1. The van der Waals surface area contributed by atoms with Gasteiger partial charge in [-0.3, -0.25) is 0 Å². The summed E-state index contributed by atoms with van der Waals surface area (Å²) >= 11 is 0. The molecular weight excluding hydrogens is 171 g/mol. The second-order valence-electron chi connectivity index (χ2n) is 2.22. The third-order valence-electron chi connectivity index (χ3n) is 1.21. The van der Waals surface area contributed by atoms with Crippen molar-refractivity contribution in [2.45, 2.75) is 13.1 Å². The summed E-state index contributed by atoms with van der Waals surface area (Å²) < 4.78 is 36.2. The molecule has 0 aliphatic rings. The van der Waals surface area contributed by atoms with Gasteiger partial charge in [-0.1, -0.05) is 0 Å². The quantitative estimate of drug-likeness (QED) is 0.651. The van der Waals surface area contributed by atoms with E-state index in [1.807, 2.05) is 0 Å². The van der Waals surface area contributed by atoms with Gasteiger partial charge in [-0.15, -0.1) is 0 Å². The molecule has 0 amide bonds. The molecule has 0 aliphatic carbocycles. The highest BCUT2D eigenvalue weighted by atomic mass is 19.4. The fourth-order valence-electron chi connectivity index (χ4n) is 0.706. The van der Waals surface area contributed by atoms with Gasteiger partial charge in [-0.2, -0.15) is 13.2 Å². The maximum absolute atomic E-state index is 12.1. The van der Waals surface area contributed by atoms with Crippen molar-refractivity contribution in [3.63, 3.8) is 0 Å². The fourth-order valence-corrected chi connectivity index (χ4v) is 0.706. The lowest BCUT2D eigenvalue weighted by Gasteiger charge is -2.07. The third-order valence-corrected chi connectivity index (χ3v) is 1.21. The Morgan fingerprint density at radius 1 is 1.42 bits per heavy atom. The Balaban J connectivity index is 3.23. The minimum atomic E-state index is -4.50. The van der Waals surface area contributed by atoms with E-state index in [-0.39, 0.29) is 5.82 Å². The fraction of sp³-hybridized carbons (Fsp3) is 0.333. The molecule has 0 spiro atoms. The first-order valence-corrected chi connectivity index (χ1v) is 3.07. The molecule has 0 atom stereocenters. The maximum Gasteiger partial charge on any atom is 0.435 e. The average Bonchev–Trinajstić information content (AvgIpc) is 1.92. The highest BCUT2D eigenvalue weighted by Crippen LogP contribution is 2.30. The van der Waals surface area contributed by atoms with Crippen molar-refractivity contribution in [3.05, 3.63) is 17.7 Å². The summed E-state index contributed by atoms with van der Waals surface area (Å²) in [6, 6.07) is 0. The first-order chi connectivity index (χ1) is 5.41. The summed E-state index contributed by atoms with van der Waals surface area (Å²) in [5.41, 5.74) is 3.51. The van der Waals surface area contributed by atoms with E-state index in [0.29, 0.717) is 0 Å². The molecule has 1 aromatic rings. The molecule has 3 nitrogen and oxygen atoms in total. The number of rotatable bonds is 0. The lowest BCUT2D eigenvalue weighted by molar-refractivity contribution is -0.140. The van der Waals surface area contributed by atoms with Gasteiger partial charge in [0.15, 0.2) is 5.69 Å². The number of aromatic nitrogens is 2. The Kier molecular flexibility index (Phi) is 1.91. The van der Waals surface area contributed by atoms with Crippen LogP contribution in [0, 0.1) is 6.92 Å². The zero-order valence-electron chi connectivity index (χ0n) is 6.18. The van der Waals surface area contributed by atoms with E-state index in [9.17, 15) is 13.2 Å². The number of nitrogen functional groups attached to an aromatic ring is 1. The summed E-state index contributed by atoms with van der Waals surface area (Å²) in [7, 11) is 0. The smallest absolute Gasteiger partial charge is 0.396 e. The maximum atomic E-state index is 12.1. The number of aryl methyl sites for hydroxylation is 1. The van der Waals surface area contributed by atoms with Crippen LogP contribution in [0.5, 0.6) is 0 Å². The zero-order valence-corrected chi connectivity index (χ0v) is 6.18. The topological polar surface area (TPSA) is 51.8 Å². The highest BCUT2D eigenvalue weighted by Gasteiger charge is 2.35. The van der Waals surface area contributed by atoms with Crippen LogP contribution in [-0.4, -0.2) is 9.97 Å². The summed E-state index contributed by atoms with van der Waals surface area (Å²) in [6.07, 6.45) is -3.55. The molecule has 6 heteroatoms. The summed E-state index contributed by atoms with van der Waals surface area (Å²) in [5.74, 6) is 0.0523. The van der Waals surface area contributed by atoms with Crippen LogP contribution in [0.4, 0.5) is 18.9 Å². The zero-order chi connectivity index (χ0) is 9.35. The van der Waals surface area contributed by atoms with Gasteiger partial charge < -0.3 is 5.73 Å². The van der Waals surface area contributed by atoms with Crippen LogP contribution >= 0.6 is 0 Å². The van der Waals surface area contributed by atoms with Crippen molar-refractivity contribution in [1.29, 1.82) is 0 Å². The van der Waals surface area contributed by atoms with Gasteiger partial charge in [0.05, 0.1) is 11.9 Å². The van der Waals surface area contributed by atoms with Gasteiger partial charge in [0.2, 0.25) is 0 Å². The van der Waals surface area contributed by atoms with E-state index in [2.05, 4.69) is 9.97 Å². The molecule has 0 unspecified atom stereocenters. The summed E-state index contributed by atoms with van der Waals surface area (Å²) in [6.45, 7) is 1.37. The van der Waals surface area contributed by atoms with Crippen molar-refractivity contribution in [2.24, 2.45) is 0 Å². The van der Waals surface area contributed by atoms with Crippen LogP contribution in [0.15, 0.2) is 6.20 Å². The largest absolute Gasteiger partial charge is 0.435 e. The number of alkyl halides is 3. The Hall–Kier alpha value is -1.33. The molecule has 0 radical (unpaired) electrons. The molecular formula is C6H6F3N3. The minimum absolute atomic E-state index is 0.0523. The molecule has 1 heterocycles. The van der Waals surface area contributed by atoms with Gasteiger partial charge in [0, 0.05) is 0 Å². The van der Waals surface area contributed by atoms with Crippen LogP contribution in [-0.2, 0) is 6.18 Å². The second kappa shape index (κ2) is 2.62. The minimum Gasteiger partial charge on any atom is -0.396 e. The number of anilines is 1. The average molecular weight is 177 g/mol. The second-order valence-corrected chi connectivity index (χ2v) is 2.22. The van der Waals surface area contributed by atoms with Crippen molar-refractivity contribution in [2.75, 3.05) is 5.73 Å². The molecule has 1 rings (SSSR count). The molecule has 0 saturated carbocycles. The molecule has 0 aromatic carbocycles. The number of nitrogens with zero attached hydrogens (tertiary/aromatic N) is 2. The monoisotopic (exact) mass is 177 g/mol. The van der Waals surface area contributed by atoms with Crippen molar-refractivity contribution < 1.29 is 13.2 Å². The lowest BCUT2D eigenvalue weighted by Crippen LogP contribution is -2.13. The summed E-state index contributed by atoms with van der Waals surface area (Å²) in [4.78, 5) is 6.70. The normalized spacial score (nSPS) is 11.7. The van der Waals surface area contributed by atoms with Gasteiger partial charge in [0.1, 0.15) is 5.82 Å². The number of hydrogen-bond donors (Lipinski definition) is 1. The molecule has 66 valence electrons. The SMILES string of the molecule is Cc1ncc(N)c(C(F)(F)F)n1. The number of halogens is 3. The third kappa shape index (κ3) is 1.63. The van der Waals surface area contributed by atoms with Crippen LogP contribution in [0.3, 0.4) is 0 Å². The van der Waals surface area contributed by atoms with E-state index in [0.717, 1.165) is 6.20 Å². The van der Waals surface area contributed by atoms with E-state index >= 15 is 0 Å². The summed E-state index contributed by atoms with van der Waals surface area (Å²) in [5, 5.41) is 0. The Labute approximate surface area is 66.4 Å². The van der Waals surface area contributed by atoms with Gasteiger partial charge >= 0.3 is 6.18 Å². The van der Waals surface area contributed by atoms with Gasteiger partial charge in [-0.05, 0) is 6.92 Å². The Bertz CT molecular complexity index is 295. The standard InChI is InChI=1S/C6H6F3N3/c1-3-11-2-4(10)5(12-3)6(7,8)9/h2H,10H2,1H3. The van der Waals surface area contributed by atoms with E-state index in [1.165, 1.54) is 6.92 Å². The lowest BCUT2D eigenvalue weighted by atomic mass is 10.3. The molecule has 0 bridgehead atoms. The molecule has 0 saturated heterocycles. The first-order valence-electron chi connectivity index (χ1n) is 3.07. The van der Waals surface area contributed by atoms with Crippen molar-refractivity contribution >= 4 is 5.69 Å².